The molecule has 2 amide bonds. The van der Waals surface area contributed by atoms with Gasteiger partial charge in [0.25, 0.3) is 11.8 Å². The van der Waals surface area contributed by atoms with Crippen LogP contribution in [0, 0.1) is 0 Å². The van der Waals surface area contributed by atoms with Crippen LogP contribution in [0.5, 0.6) is 11.5 Å². The molecule has 0 unspecified atom stereocenters. The van der Waals surface area contributed by atoms with Crippen molar-refractivity contribution < 1.29 is 28.6 Å². The fourth-order valence-electron chi connectivity index (χ4n) is 3.33. The number of carbonyl (C=O) groups is 3. The minimum Gasteiger partial charge on any atom is -0.493 e. The van der Waals surface area contributed by atoms with Crippen LogP contribution in [0.4, 0.5) is 11.4 Å². The SMILES string of the molecule is COc1cc(C(=O)OCC(=O)N2c3ccccc3Sc3ccc(Cl)cc32)ccc1OCC(N)=O. The molecular formula is C24H19ClN2O6S. The van der Waals surface area contributed by atoms with Crippen LogP contribution in [0.25, 0.3) is 0 Å². The van der Waals surface area contributed by atoms with E-state index in [9.17, 15) is 14.4 Å². The number of fused-ring (bicyclic) bond motifs is 2. The molecule has 8 nitrogen and oxygen atoms in total. The lowest BCUT2D eigenvalue weighted by molar-refractivity contribution is -0.121. The Kier molecular flexibility index (Phi) is 6.95. The summed E-state index contributed by atoms with van der Waals surface area (Å²) in [6.07, 6.45) is 0. The van der Waals surface area contributed by atoms with Gasteiger partial charge in [0.15, 0.2) is 24.7 Å². The van der Waals surface area contributed by atoms with Crippen molar-refractivity contribution in [3.8, 4) is 11.5 Å². The number of hydrogen-bond donors (Lipinski definition) is 1. The second kappa shape index (κ2) is 10.1. The standard InChI is InChI=1S/C24H19ClN2O6S/c1-31-19-10-14(6-8-18(19)32-12-22(26)28)24(30)33-13-23(29)27-16-4-2-3-5-20(16)34-21-9-7-15(25)11-17(21)27/h2-11H,12-13H2,1H3,(H2,26,28). The lowest BCUT2D eigenvalue weighted by Crippen LogP contribution is -2.32. The van der Waals surface area contributed by atoms with Gasteiger partial charge in [-0.15, -0.1) is 0 Å². The summed E-state index contributed by atoms with van der Waals surface area (Å²) in [7, 11) is 1.39. The molecule has 34 heavy (non-hydrogen) atoms. The maximum atomic E-state index is 13.2. The van der Waals surface area contributed by atoms with Gasteiger partial charge in [0.05, 0.1) is 24.0 Å². The molecule has 1 heterocycles. The molecule has 3 aromatic carbocycles. The third-order valence-corrected chi connectivity index (χ3v) is 6.20. The second-order valence-corrected chi connectivity index (χ2v) is 8.63. The van der Waals surface area contributed by atoms with Crippen molar-refractivity contribution in [3.05, 3.63) is 71.2 Å². The summed E-state index contributed by atoms with van der Waals surface area (Å²) < 4.78 is 15.8. The molecule has 0 saturated carbocycles. The summed E-state index contributed by atoms with van der Waals surface area (Å²) in [4.78, 5) is 40.0. The van der Waals surface area contributed by atoms with E-state index in [1.54, 1.807) is 12.1 Å². The van der Waals surface area contributed by atoms with Crippen LogP contribution < -0.4 is 20.1 Å². The maximum absolute atomic E-state index is 13.2. The van der Waals surface area contributed by atoms with Gasteiger partial charge in [-0.1, -0.05) is 35.5 Å². The average molecular weight is 499 g/mol. The first-order chi connectivity index (χ1) is 16.4. The molecule has 0 aliphatic carbocycles. The van der Waals surface area contributed by atoms with Crippen molar-refractivity contribution in [1.82, 2.24) is 0 Å². The summed E-state index contributed by atoms with van der Waals surface area (Å²) in [6.45, 7) is -0.832. The molecule has 0 atom stereocenters. The molecule has 2 N–H and O–H groups in total. The van der Waals surface area contributed by atoms with E-state index >= 15 is 0 Å². The number of nitrogens with two attached hydrogens (primary N) is 1. The van der Waals surface area contributed by atoms with Gasteiger partial charge < -0.3 is 19.9 Å². The van der Waals surface area contributed by atoms with Crippen LogP contribution in [0.15, 0.2) is 70.5 Å². The topological polar surface area (TPSA) is 108 Å². The molecule has 4 rings (SSSR count). The number of halogens is 1. The molecule has 174 valence electrons. The smallest absolute Gasteiger partial charge is 0.338 e. The van der Waals surface area contributed by atoms with Gasteiger partial charge in [-0.3, -0.25) is 14.5 Å². The first-order valence-electron chi connectivity index (χ1n) is 10.0. The number of primary amides is 1. The Morgan fingerprint density at radius 2 is 1.71 bits per heavy atom. The van der Waals surface area contributed by atoms with Crippen molar-refractivity contribution in [2.24, 2.45) is 5.73 Å². The van der Waals surface area contributed by atoms with Crippen molar-refractivity contribution in [1.29, 1.82) is 0 Å². The zero-order valence-corrected chi connectivity index (χ0v) is 19.5. The first kappa shape index (κ1) is 23.5. The Morgan fingerprint density at radius 3 is 2.47 bits per heavy atom. The minimum atomic E-state index is -0.723. The monoisotopic (exact) mass is 498 g/mol. The second-order valence-electron chi connectivity index (χ2n) is 7.11. The number of hydrogen-bond acceptors (Lipinski definition) is 7. The zero-order chi connectivity index (χ0) is 24.2. The summed E-state index contributed by atoms with van der Waals surface area (Å²) in [5, 5.41) is 0.485. The van der Waals surface area contributed by atoms with Crippen LogP contribution in [-0.4, -0.2) is 38.1 Å². The van der Waals surface area contributed by atoms with Gasteiger partial charge in [-0.25, -0.2) is 4.79 Å². The van der Waals surface area contributed by atoms with Gasteiger partial charge >= 0.3 is 5.97 Å². The molecular weight excluding hydrogens is 480 g/mol. The number of rotatable bonds is 7. The predicted octanol–water partition coefficient (Wildman–Crippen LogP) is 4.20. The quantitative estimate of drug-likeness (QED) is 0.486. The van der Waals surface area contributed by atoms with Gasteiger partial charge in [0.2, 0.25) is 0 Å². The molecule has 10 heteroatoms. The number of benzene rings is 3. The van der Waals surface area contributed by atoms with Crippen LogP contribution in [0.1, 0.15) is 10.4 Å². The Bertz CT molecular complexity index is 1280. The lowest BCUT2D eigenvalue weighted by Gasteiger charge is -2.31. The summed E-state index contributed by atoms with van der Waals surface area (Å²) in [6, 6.07) is 17.0. The largest absolute Gasteiger partial charge is 0.493 e. The molecule has 1 aliphatic heterocycles. The highest BCUT2D eigenvalue weighted by Gasteiger charge is 2.29. The van der Waals surface area contributed by atoms with Crippen LogP contribution >= 0.6 is 23.4 Å². The summed E-state index contributed by atoms with van der Waals surface area (Å²) in [5.41, 5.74) is 6.53. The van der Waals surface area contributed by atoms with Gasteiger partial charge in [0, 0.05) is 14.8 Å². The molecule has 0 saturated heterocycles. The van der Waals surface area contributed by atoms with Crippen molar-refractivity contribution in [3.63, 3.8) is 0 Å². The van der Waals surface area contributed by atoms with E-state index in [1.807, 2.05) is 30.3 Å². The highest BCUT2D eigenvalue weighted by molar-refractivity contribution is 7.99. The lowest BCUT2D eigenvalue weighted by atomic mass is 10.2. The number of para-hydroxylation sites is 1. The maximum Gasteiger partial charge on any atom is 0.338 e. The molecule has 0 radical (unpaired) electrons. The minimum absolute atomic E-state index is 0.147. The van der Waals surface area contributed by atoms with E-state index in [1.165, 1.54) is 42.0 Å². The van der Waals surface area contributed by atoms with Crippen LogP contribution in [-0.2, 0) is 14.3 Å². The van der Waals surface area contributed by atoms with Gasteiger partial charge in [-0.05, 0) is 48.5 Å². The predicted molar refractivity (Wildman–Crippen MR) is 127 cm³/mol. The van der Waals surface area contributed by atoms with Gasteiger partial charge in [-0.2, -0.15) is 0 Å². The first-order valence-corrected chi connectivity index (χ1v) is 11.2. The molecule has 0 aromatic heterocycles. The van der Waals surface area contributed by atoms with Crippen molar-refractivity contribution in [2.45, 2.75) is 9.79 Å². The van der Waals surface area contributed by atoms with E-state index in [0.717, 1.165) is 9.79 Å². The van der Waals surface area contributed by atoms with Crippen molar-refractivity contribution >= 4 is 52.5 Å². The Morgan fingerprint density at radius 1 is 0.941 bits per heavy atom. The number of carbonyl (C=O) groups excluding carboxylic acids is 3. The van der Waals surface area contributed by atoms with E-state index < -0.39 is 24.4 Å². The number of anilines is 2. The van der Waals surface area contributed by atoms with E-state index in [4.69, 9.17) is 31.5 Å². The Labute approximate surface area is 204 Å². The summed E-state index contributed by atoms with van der Waals surface area (Å²) >= 11 is 7.71. The van der Waals surface area contributed by atoms with E-state index in [2.05, 4.69) is 0 Å². The highest BCUT2D eigenvalue weighted by Crippen LogP contribution is 2.48. The fourth-order valence-corrected chi connectivity index (χ4v) is 4.54. The van der Waals surface area contributed by atoms with E-state index in [0.29, 0.717) is 16.4 Å². The number of nitrogens with zero attached hydrogens (tertiary/aromatic N) is 1. The van der Waals surface area contributed by atoms with Crippen LogP contribution in [0.2, 0.25) is 5.02 Å². The molecule has 1 aliphatic rings. The summed E-state index contributed by atoms with van der Waals surface area (Å²) in [5.74, 6) is -1.35. The average Bonchev–Trinajstić information content (AvgIpc) is 2.84. The van der Waals surface area contributed by atoms with E-state index in [-0.39, 0.29) is 23.7 Å². The van der Waals surface area contributed by atoms with Crippen molar-refractivity contribution in [2.75, 3.05) is 25.2 Å². The number of ether oxygens (including phenoxy) is 3. The third kappa shape index (κ3) is 4.95. The number of amides is 2. The molecule has 0 spiro atoms. The van der Waals surface area contributed by atoms with Crippen LogP contribution in [0.3, 0.4) is 0 Å². The highest BCUT2D eigenvalue weighted by atomic mass is 35.5. The fraction of sp³-hybridized carbons (Fsp3) is 0.125. The third-order valence-electron chi connectivity index (χ3n) is 4.83. The zero-order valence-electron chi connectivity index (χ0n) is 17.9. The molecule has 3 aromatic rings. The Balaban J connectivity index is 1.52. The number of esters is 1. The normalized spacial score (nSPS) is 11.8. The molecule has 0 fully saturated rings. The number of methoxy groups -OCH3 is 1. The van der Waals surface area contributed by atoms with Gasteiger partial charge in [0.1, 0.15) is 0 Å². The molecule has 0 bridgehead atoms. The Hall–Kier alpha value is -3.69.